The van der Waals surface area contributed by atoms with Crippen molar-refractivity contribution in [2.24, 2.45) is 10.7 Å². The van der Waals surface area contributed by atoms with Gasteiger partial charge in [0.25, 0.3) is 5.91 Å². The molecule has 2 fully saturated rings. The molecule has 1 aliphatic heterocycles. The maximum absolute atomic E-state index is 10.8. The second kappa shape index (κ2) is 10.8. The number of ether oxygens (including phenoxy) is 1. The Hall–Kier alpha value is -1.89. The summed E-state index contributed by atoms with van der Waals surface area (Å²) in [5.74, 6) is 2.44. The maximum atomic E-state index is 10.8. The van der Waals surface area contributed by atoms with Gasteiger partial charge < -0.3 is 20.7 Å². The monoisotopic (exact) mass is 418 g/mol. The van der Waals surface area contributed by atoms with Crippen molar-refractivity contribution in [2.45, 2.75) is 50.2 Å². The number of guanidine groups is 1. The van der Waals surface area contributed by atoms with E-state index in [9.17, 15) is 4.79 Å². The highest BCUT2D eigenvalue weighted by Gasteiger charge is 2.38. The Labute approximate surface area is 178 Å². The van der Waals surface area contributed by atoms with Crippen LogP contribution in [0.25, 0.3) is 0 Å². The van der Waals surface area contributed by atoms with Crippen molar-refractivity contribution < 1.29 is 9.53 Å². The zero-order chi connectivity index (χ0) is 20.5. The summed E-state index contributed by atoms with van der Waals surface area (Å²) in [6.07, 6.45) is 7.69. The molecular weight excluding hydrogens is 384 g/mol. The summed E-state index contributed by atoms with van der Waals surface area (Å²) in [5.41, 5.74) is 6.31. The molecule has 160 valence electrons. The number of hydrogen-bond acceptors (Lipinski definition) is 4. The molecule has 2 aliphatic rings. The van der Waals surface area contributed by atoms with Crippen LogP contribution < -0.4 is 15.8 Å². The van der Waals surface area contributed by atoms with E-state index in [0.717, 1.165) is 38.6 Å². The number of nitrogens with one attached hydrogen (secondary N) is 1. The molecule has 29 heavy (non-hydrogen) atoms. The lowest BCUT2D eigenvalue weighted by molar-refractivity contribution is -0.119. The molecule has 1 spiro atoms. The third kappa shape index (κ3) is 6.56. The van der Waals surface area contributed by atoms with Gasteiger partial charge >= 0.3 is 0 Å². The fourth-order valence-corrected chi connectivity index (χ4v) is 5.72. The van der Waals surface area contributed by atoms with Gasteiger partial charge in [0.1, 0.15) is 5.75 Å². The lowest BCUT2D eigenvalue weighted by Crippen LogP contribution is -2.53. The van der Waals surface area contributed by atoms with Crippen LogP contribution in [0.4, 0.5) is 0 Å². The Morgan fingerprint density at radius 1 is 1.28 bits per heavy atom. The molecule has 1 saturated carbocycles. The van der Waals surface area contributed by atoms with E-state index < -0.39 is 5.91 Å². The molecule has 0 bridgehead atoms. The number of carbonyl (C=O) groups is 1. The van der Waals surface area contributed by atoms with Gasteiger partial charge in [-0.15, -0.1) is 0 Å². The zero-order valence-electron chi connectivity index (χ0n) is 17.5. The molecule has 1 heterocycles. The van der Waals surface area contributed by atoms with Gasteiger partial charge in [-0.1, -0.05) is 31.4 Å². The minimum absolute atomic E-state index is 0.0920. The minimum atomic E-state index is -0.467. The van der Waals surface area contributed by atoms with Crippen molar-refractivity contribution in [3.63, 3.8) is 0 Å². The molecule has 0 atom stereocenters. The molecule has 6 nitrogen and oxygen atoms in total. The summed E-state index contributed by atoms with van der Waals surface area (Å²) >= 11 is 2.19. The van der Waals surface area contributed by atoms with Crippen LogP contribution >= 0.6 is 11.8 Å². The number of primary amides is 1. The maximum Gasteiger partial charge on any atom is 0.255 e. The molecule has 1 aliphatic carbocycles. The van der Waals surface area contributed by atoms with Crippen LogP contribution in [0.2, 0.25) is 0 Å². The number of thioether (sulfide) groups is 1. The average Bonchev–Trinajstić information content (AvgIpc) is 2.73. The molecular formula is C22H34N4O2S. The second-order valence-electron chi connectivity index (χ2n) is 7.90. The largest absolute Gasteiger partial charge is 0.484 e. The predicted octanol–water partition coefficient (Wildman–Crippen LogP) is 2.81. The van der Waals surface area contributed by atoms with E-state index in [0.29, 0.717) is 10.5 Å². The number of carbonyl (C=O) groups excluding carboxylic acids is 1. The number of amides is 1. The van der Waals surface area contributed by atoms with Gasteiger partial charge in [0.05, 0.1) is 0 Å². The highest BCUT2D eigenvalue weighted by atomic mass is 32.2. The van der Waals surface area contributed by atoms with Crippen molar-refractivity contribution in [3.05, 3.63) is 29.8 Å². The van der Waals surface area contributed by atoms with Crippen molar-refractivity contribution in [2.75, 3.05) is 38.5 Å². The molecule has 0 unspecified atom stereocenters. The quantitative estimate of drug-likeness (QED) is 0.526. The van der Waals surface area contributed by atoms with Crippen LogP contribution in [0.15, 0.2) is 29.3 Å². The van der Waals surface area contributed by atoms with E-state index in [-0.39, 0.29) is 6.61 Å². The van der Waals surface area contributed by atoms with Crippen LogP contribution in [0.5, 0.6) is 5.75 Å². The fourth-order valence-electron chi connectivity index (χ4n) is 4.15. The Bertz CT molecular complexity index is 681. The molecule has 1 aromatic rings. The topological polar surface area (TPSA) is 80.0 Å². The Kier molecular flexibility index (Phi) is 8.09. The Morgan fingerprint density at radius 3 is 2.72 bits per heavy atom. The van der Waals surface area contributed by atoms with Crippen LogP contribution in [0.1, 0.15) is 44.6 Å². The summed E-state index contributed by atoms with van der Waals surface area (Å²) in [6.45, 7) is 5.88. The average molecular weight is 419 g/mol. The first-order valence-corrected chi connectivity index (χ1v) is 11.8. The number of rotatable bonds is 7. The molecule has 7 heteroatoms. The fraction of sp³-hybridized carbons (Fsp3) is 0.636. The van der Waals surface area contributed by atoms with Crippen molar-refractivity contribution in [1.29, 1.82) is 0 Å². The van der Waals surface area contributed by atoms with Crippen molar-refractivity contribution in [3.8, 4) is 5.75 Å². The van der Waals surface area contributed by atoms with E-state index in [1.54, 1.807) is 0 Å². The van der Waals surface area contributed by atoms with Crippen molar-refractivity contribution >= 4 is 23.6 Å². The van der Waals surface area contributed by atoms with Crippen LogP contribution in [0, 0.1) is 0 Å². The Morgan fingerprint density at radius 2 is 2.03 bits per heavy atom. The van der Waals surface area contributed by atoms with E-state index in [2.05, 4.69) is 28.9 Å². The molecule has 1 aromatic carbocycles. The van der Waals surface area contributed by atoms with Gasteiger partial charge in [-0.2, -0.15) is 11.8 Å². The molecule has 1 saturated heterocycles. The van der Waals surface area contributed by atoms with Gasteiger partial charge in [0.15, 0.2) is 12.6 Å². The van der Waals surface area contributed by atoms with Gasteiger partial charge in [0.2, 0.25) is 0 Å². The third-order valence-corrected chi connectivity index (χ3v) is 7.15. The first kappa shape index (κ1) is 21.8. The minimum Gasteiger partial charge on any atom is -0.484 e. The zero-order valence-corrected chi connectivity index (χ0v) is 18.3. The number of aliphatic imine (C=N–C) groups is 1. The highest BCUT2D eigenvalue weighted by molar-refractivity contribution is 8.00. The SMILES string of the molecule is CCNC(=NCCc1ccc(OCC(N)=O)cc1)N1CCSC2(CCCCC2)C1. The number of hydrogen-bond donors (Lipinski definition) is 2. The van der Waals surface area contributed by atoms with Crippen LogP contribution in [-0.2, 0) is 11.2 Å². The van der Waals surface area contributed by atoms with E-state index in [1.807, 2.05) is 24.3 Å². The van der Waals surface area contributed by atoms with Crippen LogP contribution in [-0.4, -0.2) is 60.1 Å². The first-order chi connectivity index (χ1) is 14.1. The molecule has 0 radical (unpaired) electrons. The van der Waals surface area contributed by atoms with E-state index in [1.165, 1.54) is 43.4 Å². The summed E-state index contributed by atoms with van der Waals surface area (Å²) in [6, 6.07) is 7.80. The second-order valence-corrected chi connectivity index (χ2v) is 9.46. The highest BCUT2D eigenvalue weighted by Crippen LogP contribution is 2.42. The third-order valence-electron chi connectivity index (χ3n) is 5.61. The summed E-state index contributed by atoms with van der Waals surface area (Å²) < 4.78 is 5.75. The number of benzene rings is 1. The van der Waals surface area contributed by atoms with Gasteiger partial charge in [-0.05, 0) is 43.9 Å². The van der Waals surface area contributed by atoms with Gasteiger partial charge in [-0.3, -0.25) is 9.79 Å². The van der Waals surface area contributed by atoms with E-state index in [4.69, 9.17) is 15.5 Å². The standard InChI is InChI=1S/C22H34N4O2S/c1-2-24-21(26-14-15-29-22(17-26)11-4-3-5-12-22)25-13-10-18-6-8-19(9-7-18)28-16-20(23)27/h6-9H,2-5,10-17H2,1H3,(H2,23,27)(H,24,25). The number of nitrogens with zero attached hydrogens (tertiary/aromatic N) is 2. The van der Waals surface area contributed by atoms with Gasteiger partial charge in [-0.25, -0.2) is 0 Å². The number of nitrogens with two attached hydrogens (primary N) is 1. The summed E-state index contributed by atoms with van der Waals surface area (Å²) in [5, 5.41) is 3.50. The molecule has 3 N–H and O–H groups in total. The smallest absolute Gasteiger partial charge is 0.255 e. The molecule has 0 aromatic heterocycles. The molecule has 3 rings (SSSR count). The van der Waals surface area contributed by atoms with Crippen molar-refractivity contribution in [1.82, 2.24) is 10.2 Å². The normalized spacial score (nSPS) is 19.2. The van der Waals surface area contributed by atoms with E-state index >= 15 is 0 Å². The molecule has 1 amide bonds. The van der Waals surface area contributed by atoms with Crippen LogP contribution in [0.3, 0.4) is 0 Å². The first-order valence-electron chi connectivity index (χ1n) is 10.8. The Balaban J connectivity index is 1.55. The lowest BCUT2D eigenvalue weighted by atomic mass is 9.87. The predicted molar refractivity (Wildman–Crippen MR) is 121 cm³/mol. The summed E-state index contributed by atoms with van der Waals surface area (Å²) in [7, 11) is 0. The lowest BCUT2D eigenvalue weighted by Gasteiger charge is -2.45. The summed E-state index contributed by atoms with van der Waals surface area (Å²) in [4.78, 5) is 18.2. The van der Waals surface area contributed by atoms with Gasteiger partial charge in [0, 0.05) is 36.7 Å².